The van der Waals surface area contributed by atoms with E-state index in [1.807, 2.05) is 0 Å². The highest BCUT2D eigenvalue weighted by molar-refractivity contribution is 5.93. The molecule has 0 saturated carbocycles. The summed E-state index contributed by atoms with van der Waals surface area (Å²) in [5.41, 5.74) is 0.410. The third kappa shape index (κ3) is 2.82. The molecule has 0 radical (unpaired) electrons. The Hall–Kier alpha value is -1.89. The molecule has 1 aliphatic heterocycles. The lowest BCUT2D eigenvalue weighted by Crippen LogP contribution is -2.40. The van der Waals surface area contributed by atoms with Gasteiger partial charge in [-0.05, 0) is 0 Å². The van der Waals surface area contributed by atoms with E-state index in [4.69, 9.17) is 9.84 Å². The Morgan fingerprint density at radius 3 is 2.76 bits per heavy atom. The SMILES string of the molecule is O=C(O)Cn1cc(C(=O)N2CCOCC2)cn1. The molecule has 0 aromatic carbocycles. The van der Waals surface area contributed by atoms with Crippen LogP contribution >= 0.6 is 0 Å². The first-order valence-electron chi connectivity index (χ1n) is 5.28. The van der Waals surface area contributed by atoms with Gasteiger partial charge in [0.15, 0.2) is 0 Å². The van der Waals surface area contributed by atoms with Crippen LogP contribution in [0.1, 0.15) is 10.4 Å². The van der Waals surface area contributed by atoms with E-state index in [1.54, 1.807) is 4.90 Å². The Kier molecular flexibility index (Phi) is 3.38. The summed E-state index contributed by atoms with van der Waals surface area (Å²) in [6, 6.07) is 0. The van der Waals surface area contributed by atoms with Crippen LogP contribution in [0.3, 0.4) is 0 Å². The molecule has 1 aliphatic rings. The van der Waals surface area contributed by atoms with Gasteiger partial charge in [-0.3, -0.25) is 14.3 Å². The number of hydrogen-bond donors (Lipinski definition) is 1. The fourth-order valence-electron chi connectivity index (χ4n) is 1.65. The van der Waals surface area contributed by atoms with Gasteiger partial charge in [0, 0.05) is 19.3 Å². The lowest BCUT2D eigenvalue weighted by atomic mass is 10.3. The minimum atomic E-state index is -0.988. The molecule has 1 N–H and O–H groups in total. The molecule has 92 valence electrons. The van der Waals surface area contributed by atoms with Gasteiger partial charge in [0.1, 0.15) is 6.54 Å². The molecule has 0 unspecified atom stereocenters. The molecule has 1 saturated heterocycles. The standard InChI is InChI=1S/C10H13N3O4/c14-9(15)7-13-6-8(5-11-13)10(16)12-1-3-17-4-2-12/h5-6H,1-4,7H2,(H,14,15). The van der Waals surface area contributed by atoms with Crippen LogP contribution in [-0.4, -0.2) is 58.0 Å². The quantitative estimate of drug-likeness (QED) is 0.764. The molecule has 17 heavy (non-hydrogen) atoms. The summed E-state index contributed by atoms with van der Waals surface area (Å²) < 4.78 is 6.38. The minimum absolute atomic E-state index is 0.134. The highest BCUT2D eigenvalue weighted by Crippen LogP contribution is 2.06. The number of hydrogen-bond acceptors (Lipinski definition) is 4. The van der Waals surface area contributed by atoms with E-state index in [0.717, 1.165) is 0 Å². The average molecular weight is 239 g/mol. The van der Waals surface area contributed by atoms with Crippen LogP contribution in [0.4, 0.5) is 0 Å². The third-order valence-corrected chi connectivity index (χ3v) is 2.48. The number of nitrogens with zero attached hydrogens (tertiary/aromatic N) is 3. The summed E-state index contributed by atoms with van der Waals surface area (Å²) in [7, 11) is 0. The summed E-state index contributed by atoms with van der Waals surface area (Å²) in [6.45, 7) is 1.95. The molecule has 1 amide bonds. The van der Waals surface area contributed by atoms with Crippen LogP contribution in [0.25, 0.3) is 0 Å². The maximum absolute atomic E-state index is 12.0. The van der Waals surface area contributed by atoms with Gasteiger partial charge in [-0.15, -0.1) is 0 Å². The zero-order valence-electron chi connectivity index (χ0n) is 9.20. The second-order valence-electron chi connectivity index (χ2n) is 3.72. The highest BCUT2D eigenvalue weighted by Gasteiger charge is 2.19. The van der Waals surface area contributed by atoms with Crippen molar-refractivity contribution in [2.24, 2.45) is 0 Å². The van der Waals surface area contributed by atoms with Crippen molar-refractivity contribution in [2.45, 2.75) is 6.54 Å². The van der Waals surface area contributed by atoms with E-state index in [1.165, 1.54) is 17.1 Å². The molecule has 1 fully saturated rings. The van der Waals surface area contributed by atoms with Crippen molar-refractivity contribution >= 4 is 11.9 Å². The zero-order chi connectivity index (χ0) is 12.3. The van der Waals surface area contributed by atoms with E-state index in [2.05, 4.69) is 5.10 Å². The van der Waals surface area contributed by atoms with Crippen LogP contribution < -0.4 is 0 Å². The lowest BCUT2D eigenvalue weighted by molar-refractivity contribution is -0.137. The molecule has 7 nitrogen and oxygen atoms in total. The molecule has 0 bridgehead atoms. The number of morpholine rings is 1. The van der Waals surface area contributed by atoms with E-state index in [0.29, 0.717) is 31.9 Å². The number of amides is 1. The monoisotopic (exact) mass is 239 g/mol. The molecule has 1 aromatic rings. The van der Waals surface area contributed by atoms with Crippen molar-refractivity contribution in [3.05, 3.63) is 18.0 Å². The molecule has 0 atom stereocenters. The number of aliphatic carboxylic acids is 1. The summed E-state index contributed by atoms with van der Waals surface area (Å²) in [4.78, 5) is 24.1. The van der Waals surface area contributed by atoms with E-state index in [9.17, 15) is 9.59 Å². The number of carbonyl (C=O) groups is 2. The Bertz CT molecular complexity index is 423. The van der Waals surface area contributed by atoms with Gasteiger partial charge in [0.25, 0.3) is 5.91 Å². The number of ether oxygens (including phenoxy) is 1. The first-order valence-corrected chi connectivity index (χ1v) is 5.28. The van der Waals surface area contributed by atoms with E-state index >= 15 is 0 Å². The fourth-order valence-corrected chi connectivity index (χ4v) is 1.65. The Balaban J connectivity index is 2.03. The van der Waals surface area contributed by atoms with Gasteiger partial charge < -0.3 is 14.7 Å². The summed E-state index contributed by atoms with van der Waals surface area (Å²) in [5, 5.41) is 12.4. The Morgan fingerprint density at radius 1 is 1.41 bits per heavy atom. The molecular formula is C10H13N3O4. The molecule has 1 aromatic heterocycles. The van der Waals surface area contributed by atoms with Crippen LogP contribution in [0, 0.1) is 0 Å². The number of carboxylic acids is 1. The molecule has 7 heteroatoms. The predicted octanol–water partition coefficient (Wildman–Crippen LogP) is -0.560. The van der Waals surface area contributed by atoms with Crippen molar-refractivity contribution in [1.82, 2.24) is 14.7 Å². The number of carboxylic acid groups (broad SMARTS) is 1. The molecule has 0 spiro atoms. The second kappa shape index (κ2) is 4.96. The van der Waals surface area contributed by atoms with Crippen LogP contribution in [0.5, 0.6) is 0 Å². The number of carbonyl (C=O) groups excluding carboxylic acids is 1. The minimum Gasteiger partial charge on any atom is -0.480 e. The fraction of sp³-hybridized carbons (Fsp3) is 0.500. The van der Waals surface area contributed by atoms with Crippen molar-refractivity contribution in [1.29, 1.82) is 0 Å². The van der Waals surface area contributed by atoms with Crippen molar-refractivity contribution in [3.8, 4) is 0 Å². The maximum Gasteiger partial charge on any atom is 0.325 e. The first-order chi connectivity index (χ1) is 8.16. The van der Waals surface area contributed by atoms with Gasteiger partial charge in [-0.1, -0.05) is 0 Å². The van der Waals surface area contributed by atoms with Gasteiger partial charge >= 0.3 is 5.97 Å². The summed E-state index contributed by atoms with van der Waals surface area (Å²) in [5.74, 6) is -1.12. The molecule has 2 rings (SSSR count). The van der Waals surface area contributed by atoms with Crippen LogP contribution in [0.2, 0.25) is 0 Å². The maximum atomic E-state index is 12.0. The Morgan fingerprint density at radius 2 is 2.12 bits per heavy atom. The largest absolute Gasteiger partial charge is 0.480 e. The van der Waals surface area contributed by atoms with E-state index < -0.39 is 5.97 Å². The van der Waals surface area contributed by atoms with E-state index in [-0.39, 0.29) is 12.5 Å². The van der Waals surface area contributed by atoms with Gasteiger partial charge in [0.2, 0.25) is 0 Å². The predicted molar refractivity (Wildman–Crippen MR) is 56.6 cm³/mol. The van der Waals surface area contributed by atoms with Crippen molar-refractivity contribution in [2.75, 3.05) is 26.3 Å². The van der Waals surface area contributed by atoms with Gasteiger partial charge in [-0.25, -0.2) is 0 Å². The summed E-state index contributed by atoms with van der Waals surface area (Å²) in [6.07, 6.45) is 2.84. The summed E-state index contributed by atoms with van der Waals surface area (Å²) >= 11 is 0. The first kappa shape index (κ1) is 11.6. The van der Waals surface area contributed by atoms with Gasteiger partial charge in [-0.2, -0.15) is 5.10 Å². The Labute approximate surface area is 97.6 Å². The van der Waals surface area contributed by atoms with Crippen molar-refractivity contribution in [3.63, 3.8) is 0 Å². The smallest absolute Gasteiger partial charge is 0.325 e. The van der Waals surface area contributed by atoms with Crippen LogP contribution in [-0.2, 0) is 16.1 Å². The topological polar surface area (TPSA) is 84.7 Å². The lowest BCUT2D eigenvalue weighted by Gasteiger charge is -2.26. The molecule has 2 heterocycles. The average Bonchev–Trinajstić information content (AvgIpc) is 2.77. The van der Waals surface area contributed by atoms with Gasteiger partial charge in [0.05, 0.1) is 25.0 Å². The second-order valence-corrected chi connectivity index (χ2v) is 3.72. The number of rotatable bonds is 3. The van der Waals surface area contributed by atoms with Crippen molar-refractivity contribution < 1.29 is 19.4 Å². The molecular weight excluding hydrogens is 226 g/mol. The third-order valence-electron chi connectivity index (χ3n) is 2.48. The number of aromatic nitrogens is 2. The highest BCUT2D eigenvalue weighted by atomic mass is 16.5. The van der Waals surface area contributed by atoms with Crippen LogP contribution in [0.15, 0.2) is 12.4 Å². The zero-order valence-corrected chi connectivity index (χ0v) is 9.20. The molecule has 0 aliphatic carbocycles. The normalized spacial score (nSPS) is 15.9.